The Balaban J connectivity index is 1.06. The van der Waals surface area contributed by atoms with Gasteiger partial charge in [0.15, 0.2) is 5.60 Å². The van der Waals surface area contributed by atoms with Crippen LogP contribution in [0.15, 0.2) is 90.0 Å². The van der Waals surface area contributed by atoms with E-state index in [1.807, 2.05) is 60.7 Å². The van der Waals surface area contributed by atoms with E-state index in [1.165, 1.54) is 0 Å². The zero-order chi connectivity index (χ0) is 31.1. The van der Waals surface area contributed by atoms with E-state index in [1.54, 1.807) is 6.92 Å². The lowest BCUT2D eigenvalue weighted by atomic mass is 9.78. The van der Waals surface area contributed by atoms with Crippen LogP contribution in [0.5, 0.6) is 0 Å². The SMILES string of the molecule is C=C1C(=O)O[C@H]2[C@H]1[C@@H](OC(=O)[C@@]1(C)CO1)CC(=C)[C@@H]1C[C@H](OC(=O)[C@@H]3OC(c4ccccc4)=N[C@H]3c3ccccc3)[C@@]3(CO3)[C@H]21. The van der Waals surface area contributed by atoms with E-state index < -0.39 is 65.5 Å². The minimum Gasteiger partial charge on any atom is -0.459 e. The van der Waals surface area contributed by atoms with Crippen LogP contribution in [-0.4, -0.2) is 72.6 Å². The second kappa shape index (κ2) is 10.1. The summed E-state index contributed by atoms with van der Waals surface area (Å²) in [6.45, 7) is 10.7. The number of carbonyl (C=O) groups is 3. The van der Waals surface area contributed by atoms with Crippen LogP contribution in [0.2, 0.25) is 0 Å². The van der Waals surface area contributed by atoms with E-state index in [0.29, 0.717) is 25.3 Å². The summed E-state index contributed by atoms with van der Waals surface area (Å²) in [7, 11) is 0. The summed E-state index contributed by atoms with van der Waals surface area (Å²) < 4.78 is 35.8. The summed E-state index contributed by atoms with van der Waals surface area (Å²) in [5.41, 5.74) is 0.805. The van der Waals surface area contributed by atoms with Crippen molar-refractivity contribution >= 4 is 23.8 Å². The molecule has 5 fully saturated rings. The Kier molecular flexibility index (Phi) is 6.34. The molecule has 0 unspecified atom stereocenters. The summed E-state index contributed by atoms with van der Waals surface area (Å²) in [5, 5.41) is 0. The van der Waals surface area contributed by atoms with Crippen molar-refractivity contribution in [1.29, 1.82) is 0 Å². The lowest BCUT2D eigenvalue weighted by molar-refractivity contribution is -0.164. The fourth-order valence-electron chi connectivity index (χ4n) is 7.56. The first-order valence-corrected chi connectivity index (χ1v) is 15.3. The summed E-state index contributed by atoms with van der Waals surface area (Å²) in [5.74, 6) is -2.35. The van der Waals surface area contributed by atoms with Crippen molar-refractivity contribution in [2.45, 2.75) is 61.4 Å². The molecular formula is C35H33NO9. The van der Waals surface area contributed by atoms with Gasteiger partial charge in [-0.2, -0.15) is 0 Å². The molecule has 45 heavy (non-hydrogen) atoms. The van der Waals surface area contributed by atoms with E-state index in [2.05, 4.69) is 13.2 Å². The van der Waals surface area contributed by atoms with Crippen molar-refractivity contribution in [3.63, 3.8) is 0 Å². The molecule has 4 heterocycles. The number of epoxide rings is 2. The molecule has 10 atom stereocenters. The quantitative estimate of drug-likeness (QED) is 0.158. The van der Waals surface area contributed by atoms with Gasteiger partial charge in [-0.15, -0.1) is 0 Å². The van der Waals surface area contributed by atoms with Gasteiger partial charge in [-0.05, 0) is 37.0 Å². The van der Waals surface area contributed by atoms with Gasteiger partial charge >= 0.3 is 17.9 Å². The summed E-state index contributed by atoms with van der Waals surface area (Å²) in [4.78, 5) is 44.5. The number of aliphatic imine (C=N–C) groups is 1. The lowest BCUT2D eigenvalue weighted by Crippen LogP contribution is -2.45. The predicted octanol–water partition coefficient (Wildman–Crippen LogP) is 3.65. The van der Waals surface area contributed by atoms with Crippen molar-refractivity contribution in [1.82, 2.24) is 0 Å². The zero-order valence-corrected chi connectivity index (χ0v) is 24.8. The predicted molar refractivity (Wildman–Crippen MR) is 158 cm³/mol. The fourth-order valence-corrected chi connectivity index (χ4v) is 7.56. The highest BCUT2D eigenvalue weighted by Crippen LogP contribution is 2.61. The Labute approximate surface area is 260 Å². The molecule has 8 rings (SSSR count). The molecule has 2 aromatic carbocycles. The van der Waals surface area contributed by atoms with Gasteiger partial charge in [0.1, 0.15) is 30.0 Å². The molecule has 2 saturated carbocycles. The maximum atomic E-state index is 14.0. The zero-order valence-electron chi connectivity index (χ0n) is 24.8. The monoisotopic (exact) mass is 611 g/mol. The number of rotatable bonds is 6. The first-order chi connectivity index (χ1) is 21.7. The van der Waals surface area contributed by atoms with Crippen molar-refractivity contribution in [3.8, 4) is 0 Å². The van der Waals surface area contributed by atoms with Crippen LogP contribution < -0.4 is 0 Å². The van der Waals surface area contributed by atoms with Crippen molar-refractivity contribution < 1.29 is 42.8 Å². The molecule has 0 amide bonds. The molecule has 0 bridgehead atoms. The molecule has 6 aliphatic rings. The third kappa shape index (κ3) is 4.53. The van der Waals surface area contributed by atoms with Gasteiger partial charge in [-0.25, -0.2) is 19.4 Å². The Bertz CT molecular complexity index is 1630. The molecule has 232 valence electrons. The minimum atomic E-state index is -1.00. The number of ether oxygens (including phenoxy) is 6. The van der Waals surface area contributed by atoms with Crippen molar-refractivity contribution in [3.05, 3.63) is 96.1 Å². The third-order valence-electron chi connectivity index (χ3n) is 10.2. The van der Waals surface area contributed by atoms with E-state index in [9.17, 15) is 14.4 Å². The van der Waals surface area contributed by atoms with Gasteiger partial charge in [0.2, 0.25) is 12.0 Å². The molecule has 1 spiro atoms. The van der Waals surface area contributed by atoms with E-state index in [0.717, 1.165) is 16.7 Å². The van der Waals surface area contributed by atoms with Gasteiger partial charge in [-0.1, -0.05) is 67.3 Å². The lowest BCUT2D eigenvalue weighted by Gasteiger charge is -2.31. The molecule has 10 nitrogen and oxygen atoms in total. The van der Waals surface area contributed by atoms with Gasteiger partial charge in [0.05, 0.1) is 19.1 Å². The summed E-state index contributed by atoms with van der Waals surface area (Å²) in [6, 6.07) is 18.4. The van der Waals surface area contributed by atoms with Crippen LogP contribution in [0.25, 0.3) is 0 Å². The number of esters is 3. The average molecular weight is 612 g/mol. The number of fused-ring (bicyclic) bond motifs is 4. The summed E-state index contributed by atoms with van der Waals surface area (Å²) >= 11 is 0. The maximum absolute atomic E-state index is 14.0. The van der Waals surface area contributed by atoms with Gasteiger partial charge in [-0.3, -0.25) is 0 Å². The largest absolute Gasteiger partial charge is 0.459 e. The minimum absolute atomic E-state index is 0.210. The van der Waals surface area contributed by atoms with Crippen LogP contribution in [0.3, 0.4) is 0 Å². The highest BCUT2D eigenvalue weighted by atomic mass is 16.7. The number of hydrogen-bond donors (Lipinski definition) is 0. The van der Waals surface area contributed by atoms with Crippen LogP contribution >= 0.6 is 0 Å². The standard InChI is InChI=1S/C35H33NO9/c1-18-14-23(42-33(39)34(3)16-40-34)25-19(2)31(37)45-28(25)26-22(18)15-24(35(26)17-41-35)43-32(38)29-27(20-10-6-4-7-11-20)36-30(44-29)21-12-8-5-9-13-21/h4-13,22-29H,1-2,14-17H2,3H3/t22-,23-,24-,25+,26-,27-,28-,29+,34+,35-/m0/s1. The maximum Gasteiger partial charge on any atom is 0.350 e. The first-order valence-electron chi connectivity index (χ1n) is 15.3. The average Bonchev–Trinajstić information content (AvgIpc) is 3.90. The van der Waals surface area contributed by atoms with Crippen LogP contribution in [-0.2, 0) is 42.8 Å². The van der Waals surface area contributed by atoms with Crippen molar-refractivity contribution in [2.24, 2.45) is 22.7 Å². The van der Waals surface area contributed by atoms with Crippen LogP contribution in [0.4, 0.5) is 0 Å². The third-order valence-corrected chi connectivity index (χ3v) is 10.2. The highest BCUT2D eigenvalue weighted by molar-refractivity contribution is 5.98. The molecule has 4 aliphatic heterocycles. The molecule has 3 saturated heterocycles. The number of hydrogen-bond acceptors (Lipinski definition) is 10. The Morgan fingerprint density at radius 3 is 2.31 bits per heavy atom. The molecular weight excluding hydrogens is 578 g/mol. The normalized spacial score (nSPS) is 39.2. The summed E-state index contributed by atoms with van der Waals surface area (Å²) in [6.07, 6.45) is -2.28. The van der Waals surface area contributed by atoms with Crippen molar-refractivity contribution in [2.75, 3.05) is 13.2 Å². The molecule has 0 aromatic heterocycles. The second-order valence-corrected chi connectivity index (χ2v) is 13.0. The number of nitrogens with zero attached hydrogens (tertiary/aromatic N) is 1. The smallest absolute Gasteiger partial charge is 0.350 e. The first kappa shape index (κ1) is 28.2. The van der Waals surface area contributed by atoms with Crippen LogP contribution in [0, 0.1) is 17.8 Å². The highest BCUT2D eigenvalue weighted by Gasteiger charge is 2.72. The molecule has 0 N–H and O–H groups in total. The van der Waals surface area contributed by atoms with Gasteiger partial charge in [0, 0.05) is 23.5 Å². The number of carbonyl (C=O) groups excluding carboxylic acids is 3. The fraction of sp³-hybridized carbons (Fsp3) is 0.429. The Morgan fingerprint density at radius 2 is 1.64 bits per heavy atom. The second-order valence-electron chi connectivity index (χ2n) is 13.0. The number of benzene rings is 2. The Morgan fingerprint density at radius 1 is 0.956 bits per heavy atom. The van der Waals surface area contributed by atoms with Gasteiger partial charge < -0.3 is 28.4 Å². The molecule has 10 heteroatoms. The molecule has 0 radical (unpaired) electrons. The van der Waals surface area contributed by atoms with E-state index in [4.69, 9.17) is 33.4 Å². The Hall–Kier alpha value is -4.28. The topological polar surface area (TPSA) is 126 Å². The van der Waals surface area contributed by atoms with Crippen LogP contribution in [0.1, 0.15) is 36.9 Å². The molecule has 2 aliphatic carbocycles. The molecule has 2 aromatic rings. The van der Waals surface area contributed by atoms with E-state index in [-0.39, 0.29) is 24.0 Å². The van der Waals surface area contributed by atoms with E-state index >= 15 is 0 Å². The van der Waals surface area contributed by atoms with Gasteiger partial charge in [0.25, 0.3) is 0 Å².